The molecule has 1 saturated heterocycles. The van der Waals surface area contributed by atoms with Gasteiger partial charge in [0.2, 0.25) is 11.8 Å². The molecule has 0 aromatic carbocycles. The Kier molecular flexibility index (Phi) is 4.25. The van der Waals surface area contributed by atoms with Crippen LogP contribution >= 0.6 is 11.3 Å². The molecule has 0 saturated carbocycles. The number of likely N-dealkylation sites (tertiary alicyclic amines) is 1. The number of rotatable bonds is 4. The third-order valence-electron chi connectivity index (χ3n) is 3.41. The van der Waals surface area contributed by atoms with Crippen LogP contribution in [0, 0.1) is 0 Å². The summed E-state index contributed by atoms with van der Waals surface area (Å²) in [7, 11) is 0. The van der Waals surface area contributed by atoms with Crippen LogP contribution < -0.4 is 4.74 Å². The van der Waals surface area contributed by atoms with Gasteiger partial charge in [-0.3, -0.25) is 4.79 Å². The van der Waals surface area contributed by atoms with E-state index in [1.807, 2.05) is 17.5 Å². The monoisotopic (exact) mass is 342 g/mol. The van der Waals surface area contributed by atoms with Gasteiger partial charge in [0, 0.05) is 10.9 Å². The van der Waals surface area contributed by atoms with Crippen molar-refractivity contribution in [3.8, 4) is 5.88 Å². The van der Waals surface area contributed by atoms with Gasteiger partial charge in [-0.05, 0) is 17.5 Å². The molecular weight excluding hydrogens is 329 g/mol. The maximum atomic E-state index is 12.6. The fourth-order valence-corrected chi connectivity index (χ4v) is 2.90. The third-order valence-corrected chi connectivity index (χ3v) is 4.28. The zero-order valence-corrected chi connectivity index (χ0v) is 12.7. The average molecular weight is 342 g/mol. The van der Waals surface area contributed by atoms with Crippen LogP contribution in [0.2, 0.25) is 0 Å². The van der Waals surface area contributed by atoms with Crippen LogP contribution in [0.1, 0.15) is 10.6 Å². The molecule has 23 heavy (non-hydrogen) atoms. The lowest BCUT2D eigenvalue weighted by Gasteiger charge is -2.38. The van der Waals surface area contributed by atoms with Gasteiger partial charge in [0.05, 0.1) is 19.5 Å². The predicted molar refractivity (Wildman–Crippen MR) is 78.3 cm³/mol. The molecule has 0 atom stereocenters. The maximum absolute atomic E-state index is 12.6. The number of pyridine rings is 1. The smallest absolute Gasteiger partial charge is 0.433 e. The standard InChI is InChI=1S/C15H13F3N2O2S/c16-15(17,18)12-4-1-5-13(19-12)22-10-8-20(9-10)14(21)7-11-3-2-6-23-11/h1-6,10H,7-9H2. The minimum absolute atomic E-state index is 0.00991. The third kappa shape index (κ3) is 3.82. The Morgan fingerprint density at radius 3 is 2.74 bits per heavy atom. The summed E-state index contributed by atoms with van der Waals surface area (Å²) in [4.78, 5) is 18.0. The minimum atomic E-state index is -4.50. The number of alkyl halides is 3. The summed E-state index contributed by atoms with van der Waals surface area (Å²) in [6, 6.07) is 7.30. The fourth-order valence-electron chi connectivity index (χ4n) is 2.20. The Balaban J connectivity index is 1.51. The molecule has 3 rings (SSSR count). The Morgan fingerprint density at radius 2 is 2.09 bits per heavy atom. The van der Waals surface area contributed by atoms with Crippen molar-refractivity contribution in [2.45, 2.75) is 18.7 Å². The van der Waals surface area contributed by atoms with Crippen molar-refractivity contribution in [3.63, 3.8) is 0 Å². The number of aromatic nitrogens is 1. The highest BCUT2D eigenvalue weighted by Gasteiger charge is 2.35. The van der Waals surface area contributed by atoms with Crippen molar-refractivity contribution < 1.29 is 22.7 Å². The van der Waals surface area contributed by atoms with Crippen LogP contribution in [0.15, 0.2) is 35.7 Å². The Bertz CT molecular complexity index is 682. The molecular formula is C15H13F3N2O2S. The van der Waals surface area contributed by atoms with Crippen molar-refractivity contribution in [1.82, 2.24) is 9.88 Å². The van der Waals surface area contributed by atoms with Crippen molar-refractivity contribution in [3.05, 3.63) is 46.3 Å². The molecule has 4 nitrogen and oxygen atoms in total. The molecule has 0 bridgehead atoms. The molecule has 3 heterocycles. The second-order valence-electron chi connectivity index (χ2n) is 5.15. The van der Waals surface area contributed by atoms with Crippen LogP contribution in [-0.2, 0) is 17.4 Å². The van der Waals surface area contributed by atoms with E-state index in [9.17, 15) is 18.0 Å². The summed E-state index contributed by atoms with van der Waals surface area (Å²) in [6.45, 7) is 0.726. The van der Waals surface area contributed by atoms with Gasteiger partial charge in [-0.15, -0.1) is 11.3 Å². The number of carbonyl (C=O) groups is 1. The van der Waals surface area contributed by atoms with E-state index in [-0.39, 0.29) is 17.9 Å². The normalized spacial score (nSPS) is 15.3. The lowest BCUT2D eigenvalue weighted by Crippen LogP contribution is -2.56. The number of halogens is 3. The molecule has 0 spiro atoms. The van der Waals surface area contributed by atoms with Crippen LogP contribution in [0.5, 0.6) is 5.88 Å². The molecule has 2 aromatic heterocycles. The van der Waals surface area contributed by atoms with Gasteiger partial charge in [-0.1, -0.05) is 12.1 Å². The summed E-state index contributed by atoms with van der Waals surface area (Å²) in [5, 5.41) is 1.91. The van der Waals surface area contributed by atoms with Crippen LogP contribution in [0.25, 0.3) is 0 Å². The first-order chi connectivity index (χ1) is 10.9. The van der Waals surface area contributed by atoms with Crippen LogP contribution in [-0.4, -0.2) is 35.0 Å². The molecule has 0 radical (unpaired) electrons. The number of thiophene rings is 1. The second kappa shape index (κ2) is 6.19. The number of carbonyl (C=O) groups excluding carboxylic acids is 1. The maximum Gasteiger partial charge on any atom is 0.433 e. The van der Waals surface area contributed by atoms with E-state index in [0.29, 0.717) is 19.5 Å². The summed E-state index contributed by atoms with van der Waals surface area (Å²) in [5.41, 5.74) is -0.986. The molecule has 0 N–H and O–H groups in total. The molecule has 0 aliphatic carbocycles. The topological polar surface area (TPSA) is 42.4 Å². The lowest BCUT2D eigenvalue weighted by atomic mass is 10.1. The molecule has 1 aliphatic heterocycles. The first-order valence-electron chi connectivity index (χ1n) is 6.93. The molecule has 122 valence electrons. The van der Waals surface area contributed by atoms with Crippen molar-refractivity contribution in [2.24, 2.45) is 0 Å². The lowest BCUT2D eigenvalue weighted by molar-refractivity contribution is -0.141. The highest BCUT2D eigenvalue weighted by Crippen LogP contribution is 2.29. The van der Waals surface area contributed by atoms with Gasteiger partial charge in [0.25, 0.3) is 0 Å². The van der Waals surface area contributed by atoms with Gasteiger partial charge in [-0.2, -0.15) is 13.2 Å². The zero-order chi connectivity index (χ0) is 16.4. The van der Waals surface area contributed by atoms with Gasteiger partial charge < -0.3 is 9.64 Å². The van der Waals surface area contributed by atoms with Crippen LogP contribution in [0.4, 0.5) is 13.2 Å². The van der Waals surface area contributed by atoms with Gasteiger partial charge in [-0.25, -0.2) is 4.98 Å². The molecule has 1 amide bonds. The van der Waals surface area contributed by atoms with E-state index in [1.54, 1.807) is 4.90 Å². The number of hydrogen-bond donors (Lipinski definition) is 0. The number of amides is 1. The number of nitrogens with zero attached hydrogens (tertiary/aromatic N) is 2. The van der Waals surface area contributed by atoms with E-state index in [2.05, 4.69) is 4.98 Å². The molecule has 8 heteroatoms. The SMILES string of the molecule is O=C(Cc1cccs1)N1CC(Oc2cccc(C(F)(F)F)n2)C1. The summed E-state index contributed by atoms with van der Waals surface area (Å²) in [5.74, 6) is -0.0838. The minimum Gasteiger partial charge on any atom is -0.471 e. The van der Waals surface area contributed by atoms with Crippen molar-refractivity contribution in [2.75, 3.05) is 13.1 Å². The van der Waals surface area contributed by atoms with E-state index < -0.39 is 11.9 Å². The summed E-state index contributed by atoms with van der Waals surface area (Å²) < 4.78 is 43.1. The van der Waals surface area contributed by atoms with Crippen LogP contribution in [0.3, 0.4) is 0 Å². The van der Waals surface area contributed by atoms with Gasteiger partial charge >= 0.3 is 6.18 Å². The zero-order valence-electron chi connectivity index (χ0n) is 11.9. The quantitative estimate of drug-likeness (QED) is 0.858. The predicted octanol–water partition coefficient (Wildman–Crippen LogP) is 2.99. The first kappa shape index (κ1) is 15.8. The number of ether oxygens (including phenoxy) is 1. The first-order valence-corrected chi connectivity index (χ1v) is 7.81. The average Bonchev–Trinajstić information content (AvgIpc) is 2.94. The fraction of sp³-hybridized carbons (Fsp3) is 0.333. The summed E-state index contributed by atoms with van der Waals surface area (Å²) >= 11 is 1.52. The highest BCUT2D eigenvalue weighted by atomic mass is 32.1. The van der Waals surface area contributed by atoms with E-state index in [1.165, 1.54) is 23.5 Å². The van der Waals surface area contributed by atoms with E-state index in [0.717, 1.165) is 10.9 Å². The highest BCUT2D eigenvalue weighted by molar-refractivity contribution is 7.10. The molecule has 1 fully saturated rings. The van der Waals surface area contributed by atoms with Crippen molar-refractivity contribution >= 4 is 17.2 Å². The largest absolute Gasteiger partial charge is 0.471 e. The van der Waals surface area contributed by atoms with E-state index >= 15 is 0 Å². The van der Waals surface area contributed by atoms with E-state index in [4.69, 9.17) is 4.74 Å². The molecule has 2 aromatic rings. The summed E-state index contributed by atoms with van der Waals surface area (Å²) in [6.07, 6.45) is -4.48. The van der Waals surface area contributed by atoms with Gasteiger partial charge in [0.15, 0.2) is 0 Å². The Hall–Kier alpha value is -2.09. The molecule has 0 unspecified atom stereocenters. The second-order valence-corrected chi connectivity index (χ2v) is 6.19. The van der Waals surface area contributed by atoms with Gasteiger partial charge in [0.1, 0.15) is 11.8 Å². The Labute approximate surface area is 134 Å². The Morgan fingerprint density at radius 1 is 1.30 bits per heavy atom. The number of hydrogen-bond acceptors (Lipinski definition) is 4. The van der Waals surface area contributed by atoms with Crippen molar-refractivity contribution in [1.29, 1.82) is 0 Å². The molecule has 1 aliphatic rings.